The summed E-state index contributed by atoms with van der Waals surface area (Å²) >= 11 is 0. The SMILES string of the molecule is C=C(C)COCCNC(=O)c1ccc(C)c(C)c1. The van der Waals surface area contributed by atoms with Gasteiger partial charge in [-0.1, -0.05) is 18.2 Å². The molecule has 0 saturated carbocycles. The van der Waals surface area contributed by atoms with Crippen LogP contribution in [0.15, 0.2) is 30.4 Å². The maximum atomic E-state index is 11.8. The van der Waals surface area contributed by atoms with Crippen molar-refractivity contribution in [1.29, 1.82) is 0 Å². The normalized spacial score (nSPS) is 10.2. The van der Waals surface area contributed by atoms with E-state index in [9.17, 15) is 4.79 Å². The zero-order valence-corrected chi connectivity index (χ0v) is 11.4. The van der Waals surface area contributed by atoms with Gasteiger partial charge >= 0.3 is 0 Å². The van der Waals surface area contributed by atoms with Crippen LogP contribution in [-0.2, 0) is 4.74 Å². The van der Waals surface area contributed by atoms with E-state index in [0.29, 0.717) is 25.3 Å². The predicted molar refractivity (Wildman–Crippen MR) is 73.9 cm³/mol. The number of nitrogens with one attached hydrogen (secondary N) is 1. The van der Waals surface area contributed by atoms with Crippen LogP contribution < -0.4 is 5.32 Å². The van der Waals surface area contributed by atoms with Crippen molar-refractivity contribution in [2.75, 3.05) is 19.8 Å². The molecule has 1 aromatic rings. The number of aryl methyl sites for hydroxylation is 2. The van der Waals surface area contributed by atoms with Crippen LogP contribution in [0.5, 0.6) is 0 Å². The number of carbonyl (C=O) groups is 1. The number of hydrogen-bond donors (Lipinski definition) is 1. The maximum Gasteiger partial charge on any atom is 0.251 e. The van der Waals surface area contributed by atoms with Crippen LogP contribution in [-0.4, -0.2) is 25.7 Å². The second kappa shape index (κ2) is 6.97. The lowest BCUT2D eigenvalue weighted by molar-refractivity contribution is 0.0926. The Kier molecular flexibility index (Phi) is 5.59. The van der Waals surface area contributed by atoms with Crippen LogP contribution in [0.1, 0.15) is 28.4 Å². The average Bonchev–Trinajstić information content (AvgIpc) is 2.31. The summed E-state index contributed by atoms with van der Waals surface area (Å²) in [6, 6.07) is 5.70. The fourth-order valence-electron chi connectivity index (χ4n) is 1.47. The minimum absolute atomic E-state index is 0.0583. The standard InChI is InChI=1S/C15H21NO2/c1-11(2)10-18-8-7-16-15(17)14-6-5-12(3)13(4)9-14/h5-6,9H,1,7-8,10H2,2-4H3,(H,16,17). The van der Waals surface area contributed by atoms with Gasteiger partial charge in [0, 0.05) is 12.1 Å². The monoisotopic (exact) mass is 247 g/mol. The van der Waals surface area contributed by atoms with Gasteiger partial charge in [-0.2, -0.15) is 0 Å². The number of hydrogen-bond acceptors (Lipinski definition) is 2. The zero-order valence-electron chi connectivity index (χ0n) is 11.4. The highest BCUT2D eigenvalue weighted by Crippen LogP contribution is 2.09. The third-order valence-corrected chi connectivity index (χ3v) is 2.65. The molecule has 0 aliphatic carbocycles. The Labute approximate surface area is 109 Å². The molecule has 3 nitrogen and oxygen atoms in total. The highest BCUT2D eigenvalue weighted by molar-refractivity contribution is 5.94. The first-order valence-electron chi connectivity index (χ1n) is 6.08. The number of amides is 1. The molecule has 3 heteroatoms. The van der Waals surface area contributed by atoms with Crippen molar-refractivity contribution in [3.05, 3.63) is 47.0 Å². The molecule has 0 saturated heterocycles. The molecule has 0 fully saturated rings. The Morgan fingerprint density at radius 1 is 1.33 bits per heavy atom. The van der Waals surface area contributed by atoms with Crippen molar-refractivity contribution < 1.29 is 9.53 Å². The van der Waals surface area contributed by atoms with Crippen molar-refractivity contribution in [2.45, 2.75) is 20.8 Å². The minimum Gasteiger partial charge on any atom is -0.375 e. The highest BCUT2D eigenvalue weighted by atomic mass is 16.5. The average molecular weight is 247 g/mol. The number of carbonyl (C=O) groups excluding carboxylic acids is 1. The Balaban J connectivity index is 2.36. The molecule has 0 atom stereocenters. The molecule has 1 amide bonds. The first-order chi connectivity index (χ1) is 8.50. The van der Waals surface area contributed by atoms with Crippen LogP contribution in [0.4, 0.5) is 0 Å². The second-order valence-corrected chi connectivity index (χ2v) is 4.56. The van der Waals surface area contributed by atoms with E-state index >= 15 is 0 Å². The lowest BCUT2D eigenvalue weighted by Crippen LogP contribution is -2.27. The first-order valence-corrected chi connectivity index (χ1v) is 6.08. The molecule has 0 spiro atoms. The largest absolute Gasteiger partial charge is 0.375 e. The Morgan fingerprint density at radius 2 is 2.06 bits per heavy atom. The van der Waals surface area contributed by atoms with Gasteiger partial charge in [-0.15, -0.1) is 0 Å². The summed E-state index contributed by atoms with van der Waals surface area (Å²) in [6.45, 7) is 11.2. The molecule has 0 aliphatic heterocycles. The number of rotatable bonds is 6. The summed E-state index contributed by atoms with van der Waals surface area (Å²) in [5.74, 6) is -0.0583. The van der Waals surface area contributed by atoms with Crippen LogP contribution >= 0.6 is 0 Å². The third-order valence-electron chi connectivity index (χ3n) is 2.65. The lowest BCUT2D eigenvalue weighted by Gasteiger charge is -2.08. The zero-order chi connectivity index (χ0) is 13.5. The topological polar surface area (TPSA) is 38.3 Å². The minimum atomic E-state index is -0.0583. The summed E-state index contributed by atoms with van der Waals surface area (Å²) in [6.07, 6.45) is 0. The second-order valence-electron chi connectivity index (χ2n) is 4.56. The van der Waals surface area contributed by atoms with Crippen LogP contribution in [0.2, 0.25) is 0 Å². The maximum absolute atomic E-state index is 11.8. The highest BCUT2D eigenvalue weighted by Gasteiger charge is 2.05. The van der Waals surface area contributed by atoms with Crippen molar-refractivity contribution >= 4 is 5.91 Å². The van der Waals surface area contributed by atoms with E-state index in [0.717, 1.165) is 11.1 Å². The number of benzene rings is 1. The molecule has 1 N–H and O–H groups in total. The van der Waals surface area contributed by atoms with Crippen molar-refractivity contribution in [1.82, 2.24) is 5.32 Å². The van der Waals surface area contributed by atoms with Gasteiger partial charge in [0.25, 0.3) is 5.91 Å². The molecular weight excluding hydrogens is 226 g/mol. The molecule has 0 bridgehead atoms. The van der Waals surface area contributed by atoms with E-state index in [1.54, 1.807) is 0 Å². The van der Waals surface area contributed by atoms with Crippen LogP contribution in [0.3, 0.4) is 0 Å². The first kappa shape index (κ1) is 14.5. The van der Waals surface area contributed by atoms with Crippen LogP contribution in [0, 0.1) is 13.8 Å². The summed E-state index contributed by atoms with van der Waals surface area (Å²) < 4.78 is 5.31. The van der Waals surface area contributed by atoms with Crippen molar-refractivity contribution in [3.63, 3.8) is 0 Å². The van der Waals surface area contributed by atoms with Gasteiger partial charge in [-0.25, -0.2) is 0 Å². The molecule has 1 rings (SSSR count). The van der Waals surface area contributed by atoms with E-state index in [1.807, 2.05) is 39.0 Å². The van der Waals surface area contributed by atoms with Gasteiger partial charge in [-0.05, 0) is 44.0 Å². The third kappa shape index (κ3) is 4.72. The van der Waals surface area contributed by atoms with E-state index < -0.39 is 0 Å². The van der Waals surface area contributed by atoms with Gasteiger partial charge in [-0.3, -0.25) is 4.79 Å². The molecule has 0 aromatic heterocycles. The quantitative estimate of drug-likeness (QED) is 0.620. The van der Waals surface area contributed by atoms with E-state index in [2.05, 4.69) is 11.9 Å². The summed E-state index contributed by atoms with van der Waals surface area (Å²) in [5, 5.41) is 2.83. The number of ether oxygens (including phenoxy) is 1. The summed E-state index contributed by atoms with van der Waals surface area (Å²) in [5.41, 5.74) is 3.99. The molecule has 0 radical (unpaired) electrons. The summed E-state index contributed by atoms with van der Waals surface area (Å²) in [7, 11) is 0. The van der Waals surface area contributed by atoms with Gasteiger partial charge < -0.3 is 10.1 Å². The predicted octanol–water partition coefficient (Wildman–Crippen LogP) is 2.63. The van der Waals surface area contributed by atoms with Crippen molar-refractivity contribution in [3.8, 4) is 0 Å². The van der Waals surface area contributed by atoms with E-state index in [4.69, 9.17) is 4.74 Å². The fourth-order valence-corrected chi connectivity index (χ4v) is 1.47. The smallest absolute Gasteiger partial charge is 0.251 e. The fraction of sp³-hybridized carbons (Fsp3) is 0.400. The molecule has 98 valence electrons. The Bertz CT molecular complexity index is 438. The summed E-state index contributed by atoms with van der Waals surface area (Å²) in [4.78, 5) is 11.8. The molecular formula is C15H21NO2. The molecule has 1 aromatic carbocycles. The Hall–Kier alpha value is -1.61. The van der Waals surface area contributed by atoms with E-state index in [1.165, 1.54) is 5.56 Å². The van der Waals surface area contributed by atoms with Gasteiger partial charge in [0.15, 0.2) is 0 Å². The van der Waals surface area contributed by atoms with Crippen molar-refractivity contribution in [2.24, 2.45) is 0 Å². The van der Waals surface area contributed by atoms with Crippen LogP contribution in [0.25, 0.3) is 0 Å². The van der Waals surface area contributed by atoms with E-state index in [-0.39, 0.29) is 5.91 Å². The van der Waals surface area contributed by atoms with Gasteiger partial charge in [0.1, 0.15) is 0 Å². The van der Waals surface area contributed by atoms with Gasteiger partial charge in [0.05, 0.1) is 13.2 Å². The molecule has 0 unspecified atom stereocenters. The molecule has 18 heavy (non-hydrogen) atoms. The van der Waals surface area contributed by atoms with Gasteiger partial charge in [0.2, 0.25) is 0 Å². The Morgan fingerprint density at radius 3 is 2.67 bits per heavy atom. The lowest BCUT2D eigenvalue weighted by atomic mass is 10.1. The molecule has 0 heterocycles. The molecule has 0 aliphatic rings.